The Bertz CT molecular complexity index is 226. The Hall–Kier alpha value is -1.01. The zero-order valence-electron chi connectivity index (χ0n) is 7.21. The number of hydrogen-bond acceptors (Lipinski definition) is 2. The molecule has 0 aromatic carbocycles. The van der Waals surface area contributed by atoms with Crippen molar-refractivity contribution in [2.24, 2.45) is 0 Å². The standard InChI is InChI=1S/C9H13NO2/c1-2-3-4-5-10-7-8(11)6-9(10)12/h8,11H,4-7H2,1H3. The highest BCUT2D eigenvalue weighted by Gasteiger charge is 2.26. The zero-order chi connectivity index (χ0) is 8.97. The summed E-state index contributed by atoms with van der Waals surface area (Å²) in [6, 6.07) is 0. The second-order valence-electron chi connectivity index (χ2n) is 2.87. The van der Waals surface area contributed by atoms with Crippen LogP contribution in [0.2, 0.25) is 0 Å². The number of hydrogen-bond donors (Lipinski definition) is 1. The van der Waals surface area contributed by atoms with E-state index in [-0.39, 0.29) is 12.3 Å². The fourth-order valence-corrected chi connectivity index (χ4v) is 1.28. The van der Waals surface area contributed by atoms with Gasteiger partial charge in [0.15, 0.2) is 0 Å². The van der Waals surface area contributed by atoms with Crippen LogP contribution in [0.1, 0.15) is 19.8 Å². The number of carbonyl (C=O) groups excluding carboxylic acids is 1. The van der Waals surface area contributed by atoms with Crippen molar-refractivity contribution in [3.63, 3.8) is 0 Å². The summed E-state index contributed by atoms with van der Waals surface area (Å²) in [6.07, 6.45) is 0.515. The summed E-state index contributed by atoms with van der Waals surface area (Å²) in [5.41, 5.74) is 0. The molecule has 0 aromatic rings. The highest BCUT2D eigenvalue weighted by atomic mass is 16.3. The number of aliphatic hydroxyl groups is 1. The van der Waals surface area contributed by atoms with E-state index in [9.17, 15) is 4.79 Å². The van der Waals surface area contributed by atoms with Gasteiger partial charge in [-0.1, -0.05) is 0 Å². The summed E-state index contributed by atoms with van der Waals surface area (Å²) >= 11 is 0. The molecule has 1 aliphatic heterocycles. The lowest BCUT2D eigenvalue weighted by Gasteiger charge is -2.12. The smallest absolute Gasteiger partial charge is 0.225 e. The maximum atomic E-state index is 11.1. The van der Waals surface area contributed by atoms with Gasteiger partial charge in [-0.05, 0) is 6.92 Å². The molecule has 12 heavy (non-hydrogen) atoms. The molecule has 1 N–H and O–H groups in total. The number of nitrogens with zero attached hydrogens (tertiary/aromatic N) is 1. The number of aliphatic hydroxyl groups excluding tert-OH is 1. The Morgan fingerprint density at radius 3 is 3.00 bits per heavy atom. The van der Waals surface area contributed by atoms with E-state index in [2.05, 4.69) is 11.8 Å². The molecule has 1 aliphatic rings. The molecular weight excluding hydrogens is 154 g/mol. The van der Waals surface area contributed by atoms with Crippen molar-refractivity contribution in [2.45, 2.75) is 25.9 Å². The van der Waals surface area contributed by atoms with Crippen LogP contribution in [0.5, 0.6) is 0 Å². The second kappa shape index (κ2) is 4.13. The molecule has 1 heterocycles. The Balaban J connectivity index is 2.31. The first kappa shape index (κ1) is 9.08. The van der Waals surface area contributed by atoms with Crippen molar-refractivity contribution in [3.8, 4) is 11.8 Å². The van der Waals surface area contributed by atoms with Crippen LogP contribution >= 0.6 is 0 Å². The number of likely N-dealkylation sites (tertiary alicyclic amines) is 1. The van der Waals surface area contributed by atoms with E-state index >= 15 is 0 Å². The Labute approximate surface area is 72.4 Å². The Morgan fingerprint density at radius 2 is 2.50 bits per heavy atom. The van der Waals surface area contributed by atoms with Crippen molar-refractivity contribution < 1.29 is 9.90 Å². The summed E-state index contributed by atoms with van der Waals surface area (Å²) in [7, 11) is 0. The van der Waals surface area contributed by atoms with Crippen LogP contribution in [0.3, 0.4) is 0 Å². The second-order valence-corrected chi connectivity index (χ2v) is 2.87. The fourth-order valence-electron chi connectivity index (χ4n) is 1.28. The highest BCUT2D eigenvalue weighted by Crippen LogP contribution is 2.10. The fraction of sp³-hybridized carbons (Fsp3) is 0.667. The van der Waals surface area contributed by atoms with E-state index in [0.29, 0.717) is 19.5 Å². The van der Waals surface area contributed by atoms with Crippen molar-refractivity contribution in [2.75, 3.05) is 13.1 Å². The van der Waals surface area contributed by atoms with Gasteiger partial charge in [-0.2, -0.15) is 0 Å². The van der Waals surface area contributed by atoms with Gasteiger partial charge in [0.1, 0.15) is 0 Å². The van der Waals surface area contributed by atoms with E-state index < -0.39 is 6.10 Å². The van der Waals surface area contributed by atoms with Crippen LogP contribution in [0.25, 0.3) is 0 Å². The SMILES string of the molecule is CC#CCCN1CC(O)CC1=O. The molecular formula is C9H13NO2. The number of amides is 1. The summed E-state index contributed by atoms with van der Waals surface area (Å²) in [5.74, 6) is 5.69. The van der Waals surface area contributed by atoms with Crippen LogP contribution < -0.4 is 0 Å². The van der Waals surface area contributed by atoms with Crippen LogP contribution in [0.4, 0.5) is 0 Å². The molecule has 66 valence electrons. The zero-order valence-corrected chi connectivity index (χ0v) is 7.21. The van der Waals surface area contributed by atoms with E-state index in [4.69, 9.17) is 5.11 Å². The predicted molar refractivity (Wildman–Crippen MR) is 45.3 cm³/mol. The largest absolute Gasteiger partial charge is 0.391 e. The first-order valence-electron chi connectivity index (χ1n) is 4.09. The maximum absolute atomic E-state index is 11.1. The van der Waals surface area contributed by atoms with Crippen molar-refractivity contribution >= 4 is 5.91 Å². The third kappa shape index (κ3) is 2.24. The summed E-state index contributed by atoms with van der Waals surface area (Å²) in [5, 5.41) is 9.13. The average molecular weight is 167 g/mol. The van der Waals surface area contributed by atoms with E-state index in [0.717, 1.165) is 0 Å². The normalized spacial score (nSPS) is 22.3. The minimum atomic E-state index is -0.466. The maximum Gasteiger partial charge on any atom is 0.225 e. The van der Waals surface area contributed by atoms with Crippen molar-refractivity contribution in [1.29, 1.82) is 0 Å². The van der Waals surface area contributed by atoms with Crippen LogP contribution in [-0.2, 0) is 4.79 Å². The minimum absolute atomic E-state index is 0.0420. The molecule has 0 saturated carbocycles. The van der Waals surface area contributed by atoms with E-state index in [1.54, 1.807) is 11.8 Å². The van der Waals surface area contributed by atoms with Gasteiger partial charge in [-0.25, -0.2) is 0 Å². The molecule has 0 spiro atoms. The van der Waals surface area contributed by atoms with Gasteiger partial charge in [0, 0.05) is 19.5 Å². The first-order chi connectivity index (χ1) is 5.74. The van der Waals surface area contributed by atoms with Gasteiger partial charge in [-0.3, -0.25) is 4.79 Å². The molecule has 1 rings (SSSR count). The molecule has 3 nitrogen and oxygen atoms in total. The van der Waals surface area contributed by atoms with Crippen LogP contribution in [0, 0.1) is 11.8 Å². The molecule has 1 fully saturated rings. The molecule has 0 aliphatic carbocycles. The Kier molecular flexibility index (Phi) is 3.12. The summed E-state index contributed by atoms with van der Waals surface area (Å²) < 4.78 is 0. The van der Waals surface area contributed by atoms with Gasteiger partial charge in [0.2, 0.25) is 5.91 Å². The molecule has 0 aromatic heterocycles. The lowest BCUT2D eigenvalue weighted by Crippen LogP contribution is -2.26. The lowest BCUT2D eigenvalue weighted by atomic mass is 10.3. The lowest BCUT2D eigenvalue weighted by molar-refractivity contribution is -0.127. The van der Waals surface area contributed by atoms with Gasteiger partial charge in [0.25, 0.3) is 0 Å². The average Bonchev–Trinajstić information content (AvgIpc) is 2.31. The molecule has 1 unspecified atom stereocenters. The molecule has 1 atom stereocenters. The third-order valence-corrected chi connectivity index (χ3v) is 1.88. The van der Waals surface area contributed by atoms with Gasteiger partial charge >= 0.3 is 0 Å². The quantitative estimate of drug-likeness (QED) is 0.588. The Morgan fingerprint density at radius 1 is 1.75 bits per heavy atom. The minimum Gasteiger partial charge on any atom is -0.391 e. The van der Waals surface area contributed by atoms with Crippen LogP contribution in [0.15, 0.2) is 0 Å². The third-order valence-electron chi connectivity index (χ3n) is 1.88. The van der Waals surface area contributed by atoms with Crippen molar-refractivity contribution in [1.82, 2.24) is 4.90 Å². The number of rotatable bonds is 2. The topological polar surface area (TPSA) is 40.5 Å². The highest BCUT2D eigenvalue weighted by molar-refractivity contribution is 5.78. The first-order valence-corrected chi connectivity index (χ1v) is 4.09. The summed E-state index contributed by atoms with van der Waals surface area (Å²) in [6.45, 7) is 2.90. The van der Waals surface area contributed by atoms with Crippen LogP contribution in [-0.4, -0.2) is 35.1 Å². The molecule has 1 saturated heterocycles. The predicted octanol–water partition coefficient (Wildman–Crippen LogP) is -0.00700. The summed E-state index contributed by atoms with van der Waals surface area (Å²) in [4.78, 5) is 12.8. The molecule has 3 heteroatoms. The van der Waals surface area contributed by atoms with E-state index in [1.807, 2.05) is 0 Å². The number of carbonyl (C=O) groups is 1. The van der Waals surface area contributed by atoms with Crippen molar-refractivity contribution in [3.05, 3.63) is 0 Å². The van der Waals surface area contributed by atoms with Gasteiger partial charge < -0.3 is 10.0 Å². The number of β-amino-alcohol motifs (C(OH)–C–C–N with tert-alkyl or cyclic N) is 1. The van der Waals surface area contributed by atoms with Gasteiger partial charge in [-0.15, -0.1) is 11.8 Å². The molecule has 0 radical (unpaired) electrons. The van der Waals surface area contributed by atoms with E-state index in [1.165, 1.54) is 0 Å². The molecule has 1 amide bonds. The monoisotopic (exact) mass is 167 g/mol. The van der Waals surface area contributed by atoms with Gasteiger partial charge in [0.05, 0.1) is 12.5 Å². The molecule has 0 bridgehead atoms.